The van der Waals surface area contributed by atoms with Crippen molar-refractivity contribution in [1.29, 1.82) is 0 Å². The second-order valence-electron chi connectivity index (χ2n) is 7.76. The molecule has 1 atom stereocenters. The Bertz CT molecular complexity index is 814. The number of piperidine rings is 1. The number of hydrogen-bond acceptors (Lipinski definition) is 4. The second-order valence-corrected chi connectivity index (χ2v) is 12.0. The van der Waals surface area contributed by atoms with Crippen LogP contribution in [0.1, 0.15) is 44.1 Å². The SMILES string of the molecule is O=C(NCCSC1CCCC1)[C@@H]1CCCN(S(=O)(=O)Cc2ccc(Cl)cc2Cl)C1. The van der Waals surface area contributed by atoms with Gasteiger partial charge in [0.15, 0.2) is 0 Å². The molecule has 1 heterocycles. The molecule has 29 heavy (non-hydrogen) atoms. The maximum Gasteiger partial charge on any atom is 0.224 e. The third kappa shape index (κ3) is 6.76. The second kappa shape index (κ2) is 10.7. The van der Waals surface area contributed by atoms with E-state index in [0.717, 1.165) is 17.4 Å². The summed E-state index contributed by atoms with van der Waals surface area (Å²) in [5.74, 6) is 0.396. The molecule has 1 aromatic carbocycles. The Kier molecular flexibility index (Phi) is 8.57. The maximum absolute atomic E-state index is 12.9. The van der Waals surface area contributed by atoms with Gasteiger partial charge < -0.3 is 5.32 Å². The molecule has 0 spiro atoms. The van der Waals surface area contributed by atoms with Gasteiger partial charge >= 0.3 is 0 Å². The van der Waals surface area contributed by atoms with Gasteiger partial charge in [0, 0.05) is 40.7 Å². The number of nitrogens with one attached hydrogen (secondary N) is 1. The van der Waals surface area contributed by atoms with Crippen LogP contribution in [0, 0.1) is 5.92 Å². The van der Waals surface area contributed by atoms with E-state index in [1.807, 2.05) is 11.8 Å². The normalized spacial score (nSPS) is 21.4. The van der Waals surface area contributed by atoms with E-state index >= 15 is 0 Å². The summed E-state index contributed by atoms with van der Waals surface area (Å²) in [5.41, 5.74) is 0.520. The van der Waals surface area contributed by atoms with Gasteiger partial charge in [-0.2, -0.15) is 11.8 Å². The van der Waals surface area contributed by atoms with Crippen molar-refractivity contribution in [2.45, 2.75) is 49.5 Å². The number of rotatable bonds is 8. The molecular formula is C20H28Cl2N2O3S2. The fraction of sp³-hybridized carbons (Fsp3) is 0.650. The number of amides is 1. The van der Waals surface area contributed by atoms with Crippen LogP contribution in [0.15, 0.2) is 18.2 Å². The summed E-state index contributed by atoms with van der Waals surface area (Å²) in [6.07, 6.45) is 6.60. The monoisotopic (exact) mass is 478 g/mol. The Hall–Kier alpha value is -0.470. The molecule has 1 N–H and O–H groups in total. The van der Waals surface area contributed by atoms with Crippen molar-refractivity contribution in [2.75, 3.05) is 25.4 Å². The highest BCUT2D eigenvalue weighted by molar-refractivity contribution is 7.99. The maximum atomic E-state index is 12.9. The summed E-state index contributed by atoms with van der Waals surface area (Å²) in [7, 11) is -3.55. The Morgan fingerprint density at radius 1 is 1.17 bits per heavy atom. The first-order valence-corrected chi connectivity index (χ1v) is 13.6. The lowest BCUT2D eigenvalue weighted by molar-refractivity contribution is -0.125. The third-order valence-electron chi connectivity index (χ3n) is 5.56. The van der Waals surface area contributed by atoms with E-state index in [0.29, 0.717) is 35.1 Å². The van der Waals surface area contributed by atoms with E-state index in [1.165, 1.54) is 30.0 Å². The lowest BCUT2D eigenvalue weighted by Gasteiger charge is -2.31. The van der Waals surface area contributed by atoms with Crippen LogP contribution in [-0.4, -0.2) is 49.3 Å². The number of thioether (sulfide) groups is 1. The summed E-state index contributed by atoms with van der Waals surface area (Å²) < 4.78 is 27.2. The molecule has 2 fully saturated rings. The average molecular weight is 479 g/mol. The van der Waals surface area contributed by atoms with Crippen molar-refractivity contribution >= 4 is 50.9 Å². The Labute approximate surface area is 187 Å². The van der Waals surface area contributed by atoms with Crippen molar-refractivity contribution < 1.29 is 13.2 Å². The van der Waals surface area contributed by atoms with Crippen LogP contribution in [0.5, 0.6) is 0 Å². The van der Waals surface area contributed by atoms with Gasteiger partial charge in [-0.25, -0.2) is 12.7 Å². The lowest BCUT2D eigenvalue weighted by Crippen LogP contribution is -2.46. The van der Waals surface area contributed by atoms with Crippen LogP contribution in [0.25, 0.3) is 0 Å². The molecule has 0 aromatic heterocycles. The van der Waals surface area contributed by atoms with Crippen LogP contribution in [0.2, 0.25) is 10.0 Å². The van der Waals surface area contributed by atoms with Gasteiger partial charge in [0.25, 0.3) is 0 Å². The number of nitrogens with zero attached hydrogens (tertiary/aromatic N) is 1. The number of carbonyl (C=O) groups is 1. The number of hydrogen-bond donors (Lipinski definition) is 1. The minimum atomic E-state index is -3.55. The highest BCUT2D eigenvalue weighted by Gasteiger charge is 2.32. The van der Waals surface area contributed by atoms with Crippen molar-refractivity contribution in [3.05, 3.63) is 33.8 Å². The Morgan fingerprint density at radius 2 is 1.93 bits per heavy atom. The fourth-order valence-corrected chi connectivity index (χ4v) is 7.35. The molecule has 1 aliphatic carbocycles. The number of halogens is 2. The van der Waals surface area contributed by atoms with Gasteiger partial charge in [-0.05, 0) is 43.4 Å². The van der Waals surface area contributed by atoms with Gasteiger partial charge in [-0.15, -0.1) is 0 Å². The smallest absolute Gasteiger partial charge is 0.224 e. The Balaban J connectivity index is 1.49. The summed E-state index contributed by atoms with van der Waals surface area (Å²) >= 11 is 14.0. The van der Waals surface area contributed by atoms with E-state index in [9.17, 15) is 13.2 Å². The van der Waals surface area contributed by atoms with E-state index in [2.05, 4.69) is 5.32 Å². The van der Waals surface area contributed by atoms with Crippen LogP contribution >= 0.6 is 35.0 Å². The van der Waals surface area contributed by atoms with Crippen LogP contribution < -0.4 is 5.32 Å². The van der Waals surface area contributed by atoms with Crippen molar-refractivity contribution in [3.63, 3.8) is 0 Å². The highest BCUT2D eigenvalue weighted by atomic mass is 35.5. The van der Waals surface area contributed by atoms with Crippen LogP contribution in [0.3, 0.4) is 0 Å². The first-order chi connectivity index (χ1) is 13.8. The minimum absolute atomic E-state index is 0.0403. The van der Waals surface area contributed by atoms with E-state index in [-0.39, 0.29) is 24.1 Å². The molecule has 162 valence electrons. The third-order valence-corrected chi connectivity index (χ3v) is 9.32. The molecule has 9 heteroatoms. The highest BCUT2D eigenvalue weighted by Crippen LogP contribution is 2.29. The standard InChI is InChI=1S/C20H28Cl2N2O3S2/c21-17-8-7-16(19(22)12-17)14-29(26,27)24-10-3-4-15(13-24)20(25)23-9-11-28-18-5-1-2-6-18/h7-8,12,15,18H,1-6,9-11,13-14H2,(H,23,25)/t15-/m1/s1. The van der Waals surface area contributed by atoms with Crippen molar-refractivity contribution in [3.8, 4) is 0 Å². The Morgan fingerprint density at radius 3 is 2.66 bits per heavy atom. The van der Waals surface area contributed by atoms with Crippen LogP contribution in [-0.2, 0) is 20.6 Å². The molecule has 1 saturated heterocycles. The first kappa shape index (κ1) is 23.2. The van der Waals surface area contributed by atoms with Gasteiger partial charge in [0.1, 0.15) is 0 Å². The van der Waals surface area contributed by atoms with Crippen LogP contribution in [0.4, 0.5) is 0 Å². The summed E-state index contributed by atoms with van der Waals surface area (Å²) in [5, 5.41) is 4.54. The number of carbonyl (C=O) groups excluding carboxylic acids is 1. The zero-order valence-corrected chi connectivity index (χ0v) is 19.6. The summed E-state index contributed by atoms with van der Waals surface area (Å²) in [6.45, 7) is 1.31. The summed E-state index contributed by atoms with van der Waals surface area (Å²) in [4.78, 5) is 12.5. The predicted molar refractivity (Wildman–Crippen MR) is 121 cm³/mol. The molecule has 0 bridgehead atoms. The fourth-order valence-electron chi connectivity index (χ4n) is 3.93. The first-order valence-electron chi connectivity index (χ1n) is 10.2. The van der Waals surface area contributed by atoms with Gasteiger partial charge in [-0.3, -0.25) is 4.79 Å². The zero-order valence-electron chi connectivity index (χ0n) is 16.4. The molecule has 1 aromatic rings. The topological polar surface area (TPSA) is 66.5 Å². The molecule has 2 aliphatic rings. The molecule has 1 aliphatic heterocycles. The van der Waals surface area contributed by atoms with E-state index in [1.54, 1.807) is 18.2 Å². The van der Waals surface area contributed by atoms with Gasteiger partial charge in [-0.1, -0.05) is 42.1 Å². The van der Waals surface area contributed by atoms with Crippen molar-refractivity contribution in [1.82, 2.24) is 9.62 Å². The molecule has 5 nitrogen and oxygen atoms in total. The molecular weight excluding hydrogens is 451 g/mol. The predicted octanol–water partition coefficient (Wildman–Crippen LogP) is 4.33. The van der Waals surface area contributed by atoms with Gasteiger partial charge in [0.2, 0.25) is 15.9 Å². The van der Waals surface area contributed by atoms with E-state index < -0.39 is 10.0 Å². The van der Waals surface area contributed by atoms with E-state index in [4.69, 9.17) is 23.2 Å². The molecule has 0 unspecified atom stereocenters. The van der Waals surface area contributed by atoms with Gasteiger partial charge in [0.05, 0.1) is 11.7 Å². The molecule has 0 radical (unpaired) electrons. The number of sulfonamides is 1. The molecule has 3 rings (SSSR count). The molecule has 1 saturated carbocycles. The zero-order chi connectivity index (χ0) is 20.9. The summed E-state index contributed by atoms with van der Waals surface area (Å²) in [6, 6.07) is 4.82. The minimum Gasteiger partial charge on any atom is -0.355 e. The average Bonchev–Trinajstić information content (AvgIpc) is 3.21. The quantitative estimate of drug-likeness (QED) is 0.564. The largest absolute Gasteiger partial charge is 0.355 e. The van der Waals surface area contributed by atoms with Crippen molar-refractivity contribution in [2.24, 2.45) is 5.92 Å². The molecule has 1 amide bonds. The lowest BCUT2D eigenvalue weighted by atomic mass is 9.99. The number of benzene rings is 1.